The molecular weight excluding hydrogens is 769 g/mol. The van der Waals surface area contributed by atoms with Crippen molar-refractivity contribution in [1.29, 1.82) is 0 Å². The molecule has 1 aromatic heterocycles. The van der Waals surface area contributed by atoms with Crippen molar-refractivity contribution in [2.45, 2.75) is 51.2 Å². The maximum atomic E-state index is 14.4. The molecule has 12 nitrogen and oxygen atoms in total. The molecule has 3 heterocycles. The third-order valence-electron chi connectivity index (χ3n) is 10.9. The van der Waals surface area contributed by atoms with Gasteiger partial charge in [-0.15, -0.1) is 0 Å². The average molecular weight is 820 g/mol. The van der Waals surface area contributed by atoms with E-state index in [4.69, 9.17) is 23.7 Å². The van der Waals surface area contributed by atoms with Crippen molar-refractivity contribution >= 4 is 33.0 Å². The van der Waals surface area contributed by atoms with Crippen LogP contribution in [0, 0.1) is 17.0 Å². The van der Waals surface area contributed by atoms with Crippen LogP contribution in [0.4, 0.5) is 14.7 Å². The molecule has 0 spiro atoms. The van der Waals surface area contributed by atoms with E-state index in [9.17, 15) is 22.0 Å². The van der Waals surface area contributed by atoms with Crippen LogP contribution in [0.25, 0.3) is 11.0 Å². The molecule has 0 bridgehead atoms. The third kappa shape index (κ3) is 10.6. The first kappa shape index (κ1) is 42.4. The van der Waals surface area contributed by atoms with Crippen LogP contribution in [-0.4, -0.2) is 98.0 Å². The maximum Gasteiger partial charge on any atom is 0.261 e. The summed E-state index contributed by atoms with van der Waals surface area (Å²) >= 11 is 0. The summed E-state index contributed by atoms with van der Waals surface area (Å²) in [5, 5.41) is 3.73. The Kier molecular flexibility index (Phi) is 13.6. The lowest BCUT2D eigenvalue weighted by atomic mass is 9.77. The highest BCUT2D eigenvalue weighted by atomic mass is 32.2. The Morgan fingerprint density at radius 2 is 1.41 bits per heavy atom. The number of para-hydroxylation sites is 2. The van der Waals surface area contributed by atoms with Gasteiger partial charge in [0.25, 0.3) is 10.1 Å². The van der Waals surface area contributed by atoms with Crippen LogP contribution in [0.15, 0.2) is 84.9 Å². The van der Waals surface area contributed by atoms with Crippen molar-refractivity contribution in [2.75, 3.05) is 59.1 Å². The topological polar surface area (TPSA) is 135 Å². The SMILES string of the molecule is COc1cc(CN2CCC(CCN3CCC(Nc4nc5ccccc5n4Cc4ccc(F)cc4)CC3)(Cc3ccc(F)cc3)C2=O)cc(OC)c1OC.CS(=O)(=O)O. The van der Waals surface area contributed by atoms with Crippen LogP contribution >= 0.6 is 0 Å². The van der Waals surface area contributed by atoms with Gasteiger partial charge in [-0.25, -0.2) is 13.8 Å². The fraction of sp³-hybridized carbons (Fsp3) is 0.395. The summed E-state index contributed by atoms with van der Waals surface area (Å²) in [6.07, 6.45) is 4.57. The van der Waals surface area contributed by atoms with Gasteiger partial charge in [0, 0.05) is 32.2 Å². The summed E-state index contributed by atoms with van der Waals surface area (Å²) in [6, 6.07) is 25.3. The number of fused-ring (bicyclic) bond motifs is 1. The molecule has 1 unspecified atom stereocenters. The van der Waals surface area contributed by atoms with Gasteiger partial charge in [-0.1, -0.05) is 36.4 Å². The lowest BCUT2D eigenvalue weighted by molar-refractivity contribution is -0.137. The largest absolute Gasteiger partial charge is 0.493 e. The number of anilines is 1. The summed E-state index contributed by atoms with van der Waals surface area (Å²) in [5.41, 5.74) is 4.21. The monoisotopic (exact) mass is 819 g/mol. The van der Waals surface area contributed by atoms with E-state index in [1.54, 1.807) is 33.5 Å². The highest BCUT2D eigenvalue weighted by Crippen LogP contribution is 2.42. The maximum absolute atomic E-state index is 14.4. The number of hydrogen-bond donors (Lipinski definition) is 2. The molecule has 2 aliphatic heterocycles. The molecule has 2 aliphatic rings. The number of hydrogen-bond acceptors (Lipinski definition) is 9. The van der Waals surface area contributed by atoms with Gasteiger partial charge in [0.1, 0.15) is 11.6 Å². The zero-order valence-electron chi connectivity index (χ0n) is 33.3. The number of likely N-dealkylation sites (tertiary alicyclic amines) is 2. The van der Waals surface area contributed by atoms with Crippen LogP contribution in [0.2, 0.25) is 0 Å². The second-order valence-electron chi connectivity index (χ2n) is 15.0. The number of carbonyl (C=O) groups is 1. The number of imidazole rings is 1. The Labute approximate surface area is 338 Å². The Bertz CT molecular complexity index is 2250. The molecule has 7 rings (SSSR count). The molecule has 2 N–H and O–H groups in total. The quantitative estimate of drug-likeness (QED) is 0.115. The molecule has 0 aliphatic carbocycles. The highest BCUT2D eigenvalue weighted by molar-refractivity contribution is 7.85. The summed E-state index contributed by atoms with van der Waals surface area (Å²) in [7, 11) is 1.07. The van der Waals surface area contributed by atoms with E-state index in [2.05, 4.69) is 20.9 Å². The number of amides is 1. The molecule has 4 aromatic carbocycles. The minimum Gasteiger partial charge on any atom is -0.493 e. The minimum atomic E-state index is -3.67. The van der Waals surface area contributed by atoms with Gasteiger partial charge in [0.2, 0.25) is 17.6 Å². The van der Waals surface area contributed by atoms with E-state index >= 15 is 0 Å². The molecular formula is C43H51F2N5O7S. The van der Waals surface area contributed by atoms with Gasteiger partial charge in [-0.05, 0) is 104 Å². The Hall–Kier alpha value is -5.25. The van der Waals surface area contributed by atoms with Crippen molar-refractivity contribution in [2.24, 2.45) is 5.41 Å². The van der Waals surface area contributed by atoms with E-state index in [-0.39, 0.29) is 23.6 Å². The lowest BCUT2D eigenvalue weighted by Crippen LogP contribution is -2.43. The molecule has 2 fully saturated rings. The Morgan fingerprint density at radius 1 is 0.828 bits per heavy atom. The second-order valence-corrected chi connectivity index (χ2v) is 16.4. The molecule has 0 saturated carbocycles. The number of benzene rings is 4. The number of nitrogens with zero attached hydrogens (tertiary/aromatic N) is 4. The van der Waals surface area contributed by atoms with Gasteiger partial charge < -0.3 is 33.9 Å². The summed E-state index contributed by atoms with van der Waals surface area (Å²) in [4.78, 5) is 23.7. The molecule has 15 heteroatoms. The van der Waals surface area contributed by atoms with Crippen LogP contribution < -0.4 is 19.5 Å². The molecule has 310 valence electrons. The van der Waals surface area contributed by atoms with E-state index in [0.717, 1.165) is 72.6 Å². The van der Waals surface area contributed by atoms with Crippen molar-refractivity contribution in [3.8, 4) is 17.2 Å². The van der Waals surface area contributed by atoms with E-state index in [0.29, 0.717) is 56.0 Å². The first-order valence-electron chi connectivity index (χ1n) is 19.2. The number of nitrogens with one attached hydrogen (secondary N) is 1. The fourth-order valence-corrected chi connectivity index (χ4v) is 7.94. The van der Waals surface area contributed by atoms with Crippen LogP contribution in [0.1, 0.15) is 42.4 Å². The zero-order chi connectivity index (χ0) is 41.5. The molecule has 5 aromatic rings. The molecule has 1 atom stereocenters. The summed E-state index contributed by atoms with van der Waals surface area (Å²) in [5.74, 6) is 2.01. The number of methoxy groups -OCH3 is 3. The van der Waals surface area contributed by atoms with Crippen LogP contribution in [0.5, 0.6) is 17.2 Å². The van der Waals surface area contributed by atoms with Crippen molar-refractivity contribution in [3.63, 3.8) is 0 Å². The highest BCUT2D eigenvalue weighted by Gasteiger charge is 2.46. The van der Waals surface area contributed by atoms with Gasteiger partial charge in [0.05, 0.1) is 50.6 Å². The summed E-state index contributed by atoms with van der Waals surface area (Å²) in [6.45, 7) is 4.21. The van der Waals surface area contributed by atoms with Crippen LogP contribution in [-0.2, 0) is 34.4 Å². The minimum absolute atomic E-state index is 0.118. The number of rotatable bonds is 14. The number of ether oxygens (including phenoxy) is 3. The first-order chi connectivity index (χ1) is 27.8. The number of halogens is 2. The number of carbonyl (C=O) groups excluding carboxylic acids is 1. The van der Waals surface area contributed by atoms with E-state index in [1.807, 2.05) is 47.4 Å². The fourth-order valence-electron chi connectivity index (χ4n) is 7.94. The number of aromatic nitrogens is 2. The lowest BCUT2D eigenvalue weighted by Gasteiger charge is -2.35. The predicted molar refractivity (Wildman–Crippen MR) is 219 cm³/mol. The van der Waals surface area contributed by atoms with Gasteiger partial charge >= 0.3 is 0 Å². The smallest absolute Gasteiger partial charge is 0.261 e. The Balaban J connectivity index is 0.00000107. The zero-order valence-corrected chi connectivity index (χ0v) is 34.1. The van der Waals surface area contributed by atoms with E-state index < -0.39 is 15.5 Å². The van der Waals surface area contributed by atoms with Crippen molar-refractivity contribution < 1.29 is 40.8 Å². The molecule has 0 radical (unpaired) electrons. The van der Waals surface area contributed by atoms with Crippen LogP contribution in [0.3, 0.4) is 0 Å². The normalized spacial score (nSPS) is 17.6. The van der Waals surface area contributed by atoms with Gasteiger partial charge in [-0.3, -0.25) is 9.35 Å². The van der Waals surface area contributed by atoms with Gasteiger partial charge in [0.15, 0.2) is 11.5 Å². The predicted octanol–water partition coefficient (Wildman–Crippen LogP) is 6.82. The van der Waals surface area contributed by atoms with Crippen molar-refractivity contribution in [3.05, 3.63) is 113 Å². The second kappa shape index (κ2) is 18.6. The molecule has 58 heavy (non-hydrogen) atoms. The van der Waals surface area contributed by atoms with Gasteiger partial charge in [-0.2, -0.15) is 8.42 Å². The standard InChI is InChI=1S/C42H47F2N5O4.CH4O3S/c1-51-37-24-31(25-38(52-2)39(37)53-3)27-48-23-19-42(40(48)50,26-29-8-12-32(43)13-9-29)18-22-47-20-16-34(17-21-47)45-41-46-35-6-4-5-7-36(35)49(41)28-30-10-14-33(44)15-11-30;1-5(2,3)4/h4-15,24-25,34H,16-23,26-28H2,1-3H3,(H,45,46);1H3,(H,2,3,4). The third-order valence-corrected chi connectivity index (χ3v) is 10.9. The average Bonchev–Trinajstić information content (AvgIpc) is 3.70. The molecule has 2 saturated heterocycles. The Morgan fingerprint density at radius 3 is 2.00 bits per heavy atom. The number of piperidine rings is 1. The first-order valence-corrected chi connectivity index (χ1v) is 21.1. The molecule has 1 amide bonds. The van der Waals surface area contributed by atoms with Crippen molar-refractivity contribution in [1.82, 2.24) is 19.4 Å². The van der Waals surface area contributed by atoms with E-state index in [1.165, 1.54) is 24.3 Å². The summed E-state index contributed by atoms with van der Waals surface area (Å²) < 4.78 is 72.2.